The number of aromatic nitrogens is 4. The molecule has 3 aromatic carbocycles. The van der Waals surface area contributed by atoms with Crippen LogP contribution in [0.15, 0.2) is 78.0 Å². The molecule has 4 aromatic rings. The predicted molar refractivity (Wildman–Crippen MR) is 132 cm³/mol. The minimum absolute atomic E-state index is 0.0628. The van der Waals surface area contributed by atoms with Crippen LogP contribution in [0.3, 0.4) is 0 Å². The second kappa shape index (κ2) is 11.0. The number of carbonyl (C=O) groups excluding carboxylic acids is 2. The summed E-state index contributed by atoms with van der Waals surface area (Å²) in [4.78, 5) is 25.4. The van der Waals surface area contributed by atoms with E-state index in [1.54, 1.807) is 48.5 Å². The molecule has 0 saturated carbocycles. The van der Waals surface area contributed by atoms with E-state index >= 15 is 0 Å². The standard InChI is InChI=1S/C24H21ClN6O2S/c1-16-6-8-17(9-7-16)14-26-23(33)20-4-2-3-5-21(20)27-22(32)15-34-24-28-29-30-31(24)19-12-10-18(25)11-13-19/h2-13H,14-15H2,1H3,(H,26,33)(H,27,32). The van der Waals surface area contributed by atoms with Gasteiger partial charge in [-0.1, -0.05) is 65.3 Å². The van der Waals surface area contributed by atoms with Crippen LogP contribution < -0.4 is 10.6 Å². The average Bonchev–Trinajstić information content (AvgIpc) is 3.32. The minimum atomic E-state index is -0.283. The Balaban J connectivity index is 1.37. The van der Waals surface area contributed by atoms with Gasteiger partial charge in [-0.3, -0.25) is 9.59 Å². The first-order valence-corrected chi connectivity index (χ1v) is 11.8. The maximum Gasteiger partial charge on any atom is 0.253 e. The molecule has 0 saturated heterocycles. The molecule has 8 nitrogen and oxygen atoms in total. The fourth-order valence-corrected chi connectivity index (χ4v) is 3.92. The monoisotopic (exact) mass is 492 g/mol. The van der Waals surface area contributed by atoms with E-state index in [-0.39, 0.29) is 17.6 Å². The fraction of sp³-hybridized carbons (Fsp3) is 0.125. The summed E-state index contributed by atoms with van der Waals surface area (Å²) in [5.74, 6) is -0.488. The Morgan fingerprint density at radius 3 is 2.50 bits per heavy atom. The van der Waals surface area contributed by atoms with E-state index in [2.05, 4.69) is 26.2 Å². The van der Waals surface area contributed by atoms with Crippen LogP contribution in [0, 0.1) is 6.92 Å². The van der Waals surface area contributed by atoms with E-state index in [0.717, 1.165) is 16.8 Å². The first-order valence-electron chi connectivity index (χ1n) is 10.4. The lowest BCUT2D eigenvalue weighted by Crippen LogP contribution is -2.25. The van der Waals surface area contributed by atoms with Gasteiger partial charge in [0.25, 0.3) is 5.91 Å². The zero-order valence-corrected chi connectivity index (χ0v) is 19.8. The molecule has 0 radical (unpaired) electrons. The van der Waals surface area contributed by atoms with Crippen LogP contribution in [-0.4, -0.2) is 37.8 Å². The van der Waals surface area contributed by atoms with Crippen LogP contribution in [0.5, 0.6) is 0 Å². The molecule has 1 heterocycles. The first kappa shape index (κ1) is 23.5. The quantitative estimate of drug-likeness (QED) is 0.356. The Morgan fingerprint density at radius 2 is 1.74 bits per heavy atom. The van der Waals surface area contributed by atoms with Crippen LogP contribution in [0.25, 0.3) is 5.69 Å². The van der Waals surface area contributed by atoms with Gasteiger partial charge in [-0.15, -0.1) is 5.10 Å². The van der Waals surface area contributed by atoms with Gasteiger partial charge in [0.2, 0.25) is 11.1 Å². The van der Waals surface area contributed by atoms with E-state index < -0.39 is 0 Å². The van der Waals surface area contributed by atoms with Crippen LogP contribution >= 0.6 is 23.4 Å². The van der Waals surface area contributed by atoms with Crippen molar-refractivity contribution in [3.8, 4) is 5.69 Å². The highest BCUT2D eigenvalue weighted by atomic mass is 35.5. The third-order valence-electron chi connectivity index (χ3n) is 4.86. The molecule has 0 aliphatic heterocycles. The summed E-state index contributed by atoms with van der Waals surface area (Å²) in [6.45, 7) is 2.40. The van der Waals surface area contributed by atoms with Crippen LogP contribution in [-0.2, 0) is 11.3 Å². The zero-order valence-electron chi connectivity index (χ0n) is 18.2. The van der Waals surface area contributed by atoms with Crippen molar-refractivity contribution >= 4 is 40.9 Å². The number of amides is 2. The maximum atomic E-state index is 12.8. The molecule has 34 heavy (non-hydrogen) atoms. The number of thioether (sulfide) groups is 1. The molecule has 0 unspecified atom stereocenters. The van der Waals surface area contributed by atoms with Crippen molar-refractivity contribution in [3.05, 3.63) is 94.5 Å². The number of aryl methyl sites for hydroxylation is 1. The average molecular weight is 493 g/mol. The highest BCUT2D eigenvalue weighted by Gasteiger charge is 2.15. The van der Waals surface area contributed by atoms with Gasteiger partial charge in [0, 0.05) is 11.6 Å². The Labute approximate surface area is 205 Å². The van der Waals surface area contributed by atoms with Crippen molar-refractivity contribution in [3.63, 3.8) is 0 Å². The lowest BCUT2D eigenvalue weighted by atomic mass is 10.1. The second-order valence-electron chi connectivity index (χ2n) is 7.40. The number of hydrogen-bond donors (Lipinski definition) is 2. The van der Waals surface area contributed by atoms with Gasteiger partial charge in [0.15, 0.2) is 0 Å². The molecule has 4 rings (SSSR count). The molecule has 172 valence electrons. The number of carbonyl (C=O) groups is 2. The van der Waals surface area contributed by atoms with E-state index in [9.17, 15) is 9.59 Å². The number of anilines is 1. The first-order chi connectivity index (χ1) is 16.5. The normalized spacial score (nSPS) is 10.6. The number of benzene rings is 3. The van der Waals surface area contributed by atoms with Crippen LogP contribution in [0.4, 0.5) is 5.69 Å². The second-order valence-corrected chi connectivity index (χ2v) is 8.78. The highest BCUT2D eigenvalue weighted by molar-refractivity contribution is 7.99. The zero-order chi connectivity index (χ0) is 23.9. The molecule has 1 aromatic heterocycles. The van der Waals surface area contributed by atoms with Gasteiger partial charge in [0.05, 0.1) is 22.7 Å². The molecule has 0 fully saturated rings. The van der Waals surface area contributed by atoms with E-state index in [0.29, 0.717) is 28.0 Å². The Bertz CT molecular complexity index is 1290. The summed E-state index contributed by atoms with van der Waals surface area (Å²) in [6.07, 6.45) is 0. The number of hydrogen-bond acceptors (Lipinski definition) is 6. The summed E-state index contributed by atoms with van der Waals surface area (Å²) in [5.41, 5.74) is 3.71. The van der Waals surface area contributed by atoms with E-state index in [4.69, 9.17) is 11.6 Å². The van der Waals surface area contributed by atoms with Crippen molar-refractivity contribution < 1.29 is 9.59 Å². The summed E-state index contributed by atoms with van der Waals surface area (Å²) in [6, 6.07) is 21.9. The van der Waals surface area contributed by atoms with E-state index in [1.807, 2.05) is 31.2 Å². The molecular formula is C24H21ClN6O2S. The Kier molecular flexibility index (Phi) is 7.56. The van der Waals surface area contributed by atoms with Gasteiger partial charge in [-0.25, -0.2) is 0 Å². The molecule has 2 amide bonds. The smallest absolute Gasteiger partial charge is 0.253 e. The highest BCUT2D eigenvalue weighted by Crippen LogP contribution is 2.21. The predicted octanol–water partition coefficient (Wildman–Crippen LogP) is 4.28. The van der Waals surface area contributed by atoms with Crippen molar-refractivity contribution in [2.24, 2.45) is 0 Å². The number of rotatable bonds is 8. The topological polar surface area (TPSA) is 102 Å². The SMILES string of the molecule is Cc1ccc(CNC(=O)c2ccccc2NC(=O)CSc2nnnn2-c2ccc(Cl)cc2)cc1. The van der Waals surface area contributed by atoms with Crippen LogP contribution in [0.2, 0.25) is 5.02 Å². The lowest BCUT2D eigenvalue weighted by Gasteiger charge is -2.11. The molecule has 0 aliphatic carbocycles. The summed E-state index contributed by atoms with van der Waals surface area (Å²) >= 11 is 7.12. The third kappa shape index (κ3) is 6.00. The minimum Gasteiger partial charge on any atom is -0.348 e. The molecule has 0 atom stereocenters. The lowest BCUT2D eigenvalue weighted by molar-refractivity contribution is -0.113. The number of nitrogens with zero attached hydrogens (tertiary/aromatic N) is 4. The fourth-order valence-electron chi connectivity index (χ4n) is 3.10. The van der Waals surface area contributed by atoms with Crippen molar-refractivity contribution in [2.45, 2.75) is 18.6 Å². The number of para-hydroxylation sites is 1. The third-order valence-corrected chi connectivity index (χ3v) is 6.04. The molecular weight excluding hydrogens is 472 g/mol. The largest absolute Gasteiger partial charge is 0.348 e. The summed E-state index contributed by atoms with van der Waals surface area (Å²) in [7, 11) is 0. The van der Waals surface area contributed by atoms with Crippen LogP contribution in [0.1, 0.15) is 21.5 Å². The summed E-state index contributed by atoms with van der Waals surface area (Å²) < 4.78 is 1.53. The summed E-state index contributed by atoms with van der Waals surface area (Å²) in [5, 5.41) is 18.4. The van der Waals surface area contributed by atoms with Gasteiger partial charge in [-0.2, -0.15) is 4.68 Å². The van der Waals surface area contributed by atoms with Gasteiger partial charge >= 0.3 is 0 Å². The van der Waals surface area contributed by atoms with Crippen molar-refractivity contribution in [1.29, 1.82) is 0 Å². The van der Waals surface area contributed by atoms with Gasteiger partial charge in [0.1, 0.15) is 0 Å². The molecule has 10 heteroatoms. The number of tetrazole rings is 1. The van der Waals surface area contributed by atoms with Gasteiger partial charge in [-0.05, 0) is 59.3 Å². The molecule has 2 N–H and O–H groups in total. The maximum absolute atomic E-state index is 12.8. The Morgan fingerprint density at radius 1 is 1.00 bits per heavy atom. The van der Waals surface area contributed by atoms with E-state index in [1.165, 1.54) is 16.4 Å². The van der Waals surface area contributed by atoms with Crippen molar-refractivity contribution in [2.75, 3.05) is 11.1 Å². The Hall–Kier alpha value is -3.69. The molecule has 0 spiro atoms. The molecule has 0 aliphatic rings. The van der Waals surface area contributed by atoms with Gasteiger partial charge < -0.3 is 10.6 Å². The molecule has 0 bridgehead atoms. The van der Waals surface area contributed by atoms with Crippen molar-refractivity contribution in [1.82, 2.24) is 25.5 Å². The number of halogens is 1. The number of nitrogens with one attached hydrogen (secondary N) is 2.